The van der Waals surface area contributed by atoms with Crippen LogP contribution < -0.4 is 10.2 Å². The lowest BCUT2D eigenvalue weighted by Gasteiger charge is -2.08. The van der Waals surface area contributed by atoms with Gasteiger partial charge in [-0.25, -0.2) is 9.82 Å². The maximum Gasteiger partial charge on any atom is 0.271 e. The lowest BCUT2D eigenvalue weighted by Crippen LogP contribution is -2.17. The fourth-order valence-electron chi connectivity index (χ4n) is 2.40. The predicted octanol–water partition coefficient (Wildman–Crippen LogP) is 4.69. The average molecular weight is 408 g/mol. The second-order valence-electron chi connectivity index (χ2n) is 5.95. The second kappa shape index (κ2) is 9.49. The lowest BCUT2D eigenvalue weighted by molar-refractivity contribution is 0.0955. The molecule has 3 aromatic carbocycles. The maximum atomic E-state index is 13.8. The molecule has 1 amide bonds. The number of nitrogens with zero attached hydrogens (tertiary/aromatic N) is 2. The molecule has 0 saturated carbocycles. The van der Waals surface area contributed by atoms with Gasteiger partial charge in [0, 0.05) is 11.1 Å². The fraction of sp³-hybridized carbons (Fsp3) is 0.0455. The van der Waals surface area contributed by atoms with E-state index >= 15 is 0 Å². The quantitative estimate of drug-likeness (QED) is 0.475. The molecule has 0 saturated heterocycles. The zero-order valence-corrected chi connectivity index (χ0v) is 15.9. The number of ether oxygens (including phenoxy) is 1. The molecular weight excluding hydrogens is 393 g/mol. The zero-order valence-electron chi connectivity index (χ0n) is 15.1. The van der Waals surface area contributed by atoms with Crippen LogP contribution in [-0.2, 0) is 6.61 Å². The van der Waals surface area contributed by atoms with Gasteiger partial charge in [0.1, 0.15) is 18.2 Å². The number of rotatable bonds is 6. The molecule has 3 aromatic rings. The van der Waals surface area contributed by atoms with Crippen molar-refractivity contribution < 1.29 is 13.9 Å². The summed E-state index contributed by atoms with van der Waals surface area (Å²) in [6.45, 7) is 0.0135. The Morgan fingerprint density at radius 3 is 2.52 bits per heavy atom. The molecule has 29 heavy (non-hydrogen) atoms. The summed E-state index contributed by atoms with van der Waals surface area (Å²) in [5, 5.41) is 13.0. The van der Waals surface area contributed by atoms with Crippen molar-refractivity contribution >= 4 is 23.7 Å². The minimum Gasteiger partial charge on any atom is -0.489 e. The second-order valence-corrected chi connectivity index (χ2v) is 6.35. The molecular formula is C22H15ClFN3O2. The van der Waals surface area contributed by atoms with Crippen LogP contribution in [0, 0.1) is 17.1 Å². The van der Waals surface area contributed by atoms with Gasteiger partial charge in [-0.05, 0) is 66.2 Å². The normalized spacial score (nSPS) is 10.5. The fourth-order valence-corrected chi connectivity index (χ4v) is 2.62. The summed E-state index contributed by atoms with van der Waals surface area (Å²) in [6.07, 6.45) is 1.49. The van der Waals surface area contributed by atoms with Crippen LogP contribution in [0.4, 0.5) is 4.39 Å². The summed E-state index contributed by atoms with van der Waals surface area (Å²) in [5.74, 6) is -0.255. The third-order valence-corrected chi connectivity index (χ3v) is 4.33. The molecule has 0 atom stereocenters. The van der Waals surface area contributed by atoms with E-state index in [-0.39, 0.29) is 12.5 Å². The van der Waals surface area contributed by atoms with Gasteiger partial charge in [-0.15, -0.1) is 0 Å². The van der Waals surface area contributed by atoms with Gasteiger partial charge in [-0.2, -0.15) is 10.4 Å². The predicted molar refractivity (Wildman–Crippen MR) is 108 cm³/mol. The topological polar surface area (TPSA) is 74.5 Å². The van der Waals surface area contributed by atoms with Crippen molar-refractivity contribution in [1.29, 1.82) is 5.26 Å². The first-order valence-corrected chi connectivity index (χ1v) is 8.94. The number of amides is 1. The Kier molecular flexibility index (Phi) is 6.56. The Balaban J connectivity index is 1.54. The van der Waals surface area contributed by atoms with Gasteiger partial charge in [0.15, 0.2) is 0 Å². The van der Waals surface area contributed by atoms with Gasteiger partial charge in [0.05, 0.1) is 22.9 Å². The summed E-state index contributed by atoms with van der Waals surface area (Å²) in [5.41, 5.74) is 4.33. The zero-order chi connectivity index (χ0) is 20.6. The average Bonchev–Trinajstić information content (AvgIpc) is 2.74. The molecule has 0 radical (unpaired) electrons. The first kappa shape index (κ1) is 20.1. The number of halogens is 2. The van der Waals surface area contributed by atoms with Crippen LogP contribution in [0.15, 0.2) is 71.8 Å². The van der Waals surface area contributed by atoms with Crippen molar-refractivity contribution in [3.63, 3.8) is 0 Å². The SMILES string of the molecule is N#Cc1ccc(C(=O)N/N=C\c2ccc(OCc3c(F)cccc3Cl)cc2)cc1. The Morgan fingerprint density at radius 1 is 1.14 bits per heavy atom. The van der Waals surface area contributed by atoms with Crippen molar-refractivity contribution in [1.82, 2.24) is 5.43 Å². The highest BCUT2D eigenvalue weighted by Gasteiger charge is 2.07. The van der Waals surface area contributed by atoms with Crippen molar-refractivity contribution in [3.05, 3.63) is 99.8 Å². The lowest BCUT2D eigenvalue weighted by atomic mass is 10.1. The van der Waals surface area contributed by atoms with Crippen LogP contribution in [0.5, 0.6) is 5.75 Å². The number of nitrogens with one attached hydrogen (secondary N) is 1. The molecule has 0 aliphatic carbocycles. The van der Waals surface area contributed by atoms with Crippen LogP contribution in [0.2, 0.25) is 5.02 Å². The molecule has 0 aliphatic rings. The van der Waals surface area contributed by atoms with E-state index in [9.17, 15) is 9.18 Å². The Hall–Kier alpha value is -3.69. The number of hydrazone groups is 1. The van der Waals surface area contributed by atoms with E-state index in [2.05, 4.69) is 10.5 Å². The van der Waals surface area contributed by atoms with Gasteiger partial charge >= 0.3 is 0 Å². The summed E-state index contributed by atoms with van der Waals surface area (Å²) < 4.78 is 19.3. The van der Waals surface area contributed by atoms with Crippen LogP contribution in [0.1, 0.15) is 27.0 Å². The van der Waals surface area contributed by atoms with E-state index in [0.717, 1.165) is 5.56 Å². The Bertz CT molecular complexity index is 1050. The van der Waals surface area contributed by atoms with Crippen molar-refractivity contribution in [2.75, 3.05) is 0 Å². The van der Waals surface area contributed by atoms with E-state index in [1.807, 2.05) is 6.07 Å². The Morgan fingerprint density at radius 2 is 1.86 bits per heavy atom. The number of benzene rings is 3. The van der Waals surface area contributed by atoms with Crippen molar-refractivity contribution in [3.8, 4) is 11.8 Å². The largest absolute Gasteiger partial charge is 0.489 e. The first-order chi connectivity index (χ1) is 14.1. The maximum absolute atomic E-state index is 13.8. The summed E-state index contributed by atoms with van der Waals surface area (Å²) in [7, 11) is 0. The minimum atomic E-state index is -0.417. The van der Waals surface area contributed by atoms with Gasteiger partial charge in [-0.1, -0.05) is 17.7 Å². The number of carbonyl (C=O) groups excluding carboxylic acids is 1. The highest BCUT2D eigenvalue weighted by atomic mass is 35.5. The molecule has 0 aliphatic heterocycles. The molecule has 5 nitrogen and oxygen atoms in total. The molecule has 0 heterocycles. The van der Waals surface area contributed by atoms with Crippen LogP contribution in [0.25, 0.3) is 0 Å². The van der Waals surface area contributed by atoms with Crippen molar-refractivity contribution in [2.45, 2.75) is 6.61 Å². The van der Waals surface area contributed by atoms with Crippen LogP contribution in [0.3, 0.4) is 0 Å². The molecule has 1 N–H and O–H groups in total. The van der Waals surface area contributed by atoms with E-state index < -0.39 is 5.82 Å². The van der Waals surface area contributed by atoms with Gasteiger partial charge in [0.2, 0.25) is 0 Å². The number of nitriles is 1. The highest BCUT2D eigenvalue weighted by molar-refractivity contribution is 6.31. The molecule has 0 bridgehead atoms. The van der Waals surface area contributed by atoms with Crippen LogP contribution >= 0.6 is 11.6 Å². The molecule has 0 unspecified atom stereocenters. The summed E-state index contributed by atoms with van der Waals surface area (Å²) in [4.78, 5) is 12.0. The first-order valence-electron chi connectivity index (χ1n) is 8.56. The van der Waals surface area contributed by atoms with Gasteiger partial charge in [0.25, 0.3) is 5.91 Å². The molecule has 7 heteroatoms. The number of hydrogen-bond acceptors (Lipinski definition) is 4. The monoisotopic (exact) mass is 407 g/mol. The van der Waals surface area contributed by atoms with E-state index in [0.29, 0.717) is 27.5 Å². The van der Waals surface area contributed by atoms with E-state index in [1.165, 1.54) is 18.3 Å². The Labute approximate surface area is 172 Å². The van der Waals surface area contributed by atoms with E-state index in [1.54, 1.807) is 54.6 Å². The third-order valence-electron chi connectivity index (χ3n) is 3.98. The number of carbonyl (C=O) groups is 1. The standard InChI is InChI=1S/C22H15ClFN3O2/c23-20-2-1-3-21(24)19(20)14-29-18-10-6-16(7-11-18)13-26-27-22(28)17-8-4-15(12-25)5-9-17/h1-11,13H,14H2,(H,27,28)/b26-13-. The van der Waals surface area contributed by atoms with Crippen molar-refractivity contribution in [2.24, 2.45) is 5.10 Å². The molecule has 0 aromatic heterocycles. The third kappa shape index (κ3) is 5.41. The van der Waals surface area contributed by atoms with Crippen LogP contribution in [-0.4, -0.2) is 12.1 Å². The highest BCUT2D eigenvalue weighted by Crippen LogP contribution is 2.21. The van der Waals surface area contributed by atoms with Gasteiger partial charge in [-0.3, -0.25) is 4.79 Å². The van der Waals surface area contributed by atoms with E-state index in [4.69, 9.17) is 21.6 Å². The summed E-state index contributed by atoms with van der Waals surface area (Å²) >= 11 is 5.98. The molecule has 3 rings (SSSR count). The van der Waals surface area contributed by atoms with Gasteiger partial charge < -0.3 is 4.74 Å². The molecule has 144 valence electrons. The minimum absolute atomic E-state index is 0.0135. The summed E-state index contributed by atoms with van der Waals surface area (Å²) in [6, 6.07) is 19.6. The smallest absolute Gasteiger partial charge is 0.271 e. The molecule has 0 fully saturated rings. The molecule has 0 spiro atoms. The number of hydrogen-bond donors (Lipinski definition) is 1.